The molecule has 52 valence electrons. The lowest BCUT2D eigenvalue weighted by Crippen LogP contribution is -2.12. The van der Waals surface area contributed by atoms with Gasteiger partial charge in [-0.25, -0.2) is 0 Å². The minimum absolute atomic E-state index is 0.904. The van der Waals surface area contributed by atoms with E-state index in [0.717, 1.165) is 11.4 Å². The number of benzene rings is 1. The van der Waals surface area contributed by atoms with Crippen LogP contribution in [0.15, 0.2) is 24.3 Å². The molecule has 2 N–H and O–H groups in total. The SMILES string of the molecule is [O-][S+]1Nc2ccccc2N1. The topological polar surface area (TPSA) is 47.1 Å². The molecule has 0 aliphatic carbocycles. The largest absolute Gasteiger partial charge is 0.568 e. The zero-order valence-corrected chi connectivity index (χ0v) is 5.94. The second-order valence-corrected chi connectivity index (χ2v) is 2.96. The number of para-hydroxylation sites is 2. The summed E-state index contributed by atoms with van der Waals surface area (Å²) in [6, 6.07) is 7.56. The number of hydrogen-bond acceptors (Lipinski definition) is 3. The van der Waals surface area contributed by atoms with Crippen molar-refractivity contribution in [3.8, 4) is 0 Å². The number of rotatable bonds is 0. The van der Waals surface area contributed by atoms with E-state index in [1.165, 1.54) is 0 Å². The highest BCUT2D eigenvalue weighted by Gasteiger charge is 2.19. The number of hydrogen-bond donors (Lipinski definition) is 2. The molecule has 4 heteroatoms. The molecule has 0 saturated carbocycles. The monoisotopic (exact) mass is 154 g/mol. The third kappa shape index (κ3) is 0.815. The van der Waals surface area contributed by atoms with Crippen LogP contribution in [0.1, 0.15) is 0 Å². The van der Waals surface area contributed by atoms with Crippen LogP contribution < -0.4 is 9.44 Å². The summed E-state index contributed by atoms with van der Waals surface area (Å²) >= 11 is -1.12. The minimum Gasteiger partial charge on any atom is -0.568 e. The maximum absolute atomic E-state index is 10.8. The first-order valence-electron chi connectivity index (χ1n) is 2.90. The van der Waals surface area contributed by atoms with Gasteiger partial charge in [-0.1, -0.05) is 12.1 Å². The Bertz CT molecular complexity index is 228. The summed E-state index contributed by atoms with van der Waals surface area (Å²) in [6.07, 6.45) is 0. The molecule has 0 saturated heterocycles. The smallest absolute Gasteiger partial charge is 0.192 e. The molecule has 0 aromatic heterocycles. The van der Waals surface area contributed by atoms with Gasteiger partial charge < -0.3 is 4.55 Å². The van der Waals surface area contributed by atoms with Gasteiger partial charge in [0.05, 0.1) is 0 Å². The average molecular weight is 154 g/mol. The maximum atomic E-state index is 10.8. The fourth-order valence-corrected chi connectivity index (χ4v) is 1.69. The molecule has 10 heavy (non-hydrogen) atoms. The van der Waals surface area contributed by atoms with E-state index in [2.05, 4.69) is 9.44 Å². The standard InChI is InChI=1S/C6H6N2OS/c9-10-7-5-3-1-2-4-6(5)8-10/h1-4,7-8H. The quantitative estimate of drug-likeness (QED) is 0.550. The second kappa shape index (κ2) is 2.07. The molecule has 3 nitrogen and oxygen atoms in total. The van der Waals surface area contributed by atoms with Gasteiger partial charge in [0.15, 0.2) is 11.5 Å². The summed E-state index contributed by atoms with van der Waals surface area (Å²) in [4.78, 5) is 0. The minimum atomic E-state index is -1.12. The highest BCUT2D eigenvalue weighted by Crippen LogP contribution is 2.28. The fraction of sp³-hybridized carbons (Fsp3) is 0. The molecule has 0 amide bonds. The molecule has 0 bridgehead atoms. The first-order valence-corrected chi connectivity index (χ1v) is 4.05. The van der Waals surface area contributed by atoms with Crippen molar-refractivity contribution in [1.82, 2.24) is 0 Å². The number of fused-ring (bicyclic) bond motifs is 1. The summed E-state index contributed by atoms with van der Waals surface area (Å²) in [5.74, 6) is 0. The molecular weight excluding hydrogens is 148 g/mol. The molecule has 0 radical (unpaired) electrons. The van der Waals surface area contributed by atoms with Crippen LogP contribution in [-0.4, -0.2) is 4.55 Å². The summed E-state index contributed by atoms with van der Waals surface area (Å²) in [7, 11) is 0. The van der Waals surface area contributed by atoms with Gasteiger partial charge in [0.25, 0.3) is 0 Å². The van der Waals surface area contributed by atoms with Crippen molar-refractivity contribution < 1.29 is 4.55 Å². The number of nitrogens with one attached hydrogen (secondary N) is 2. The molecule has 1 heterocycles. The maximum Gasteiger partial charge on any atom is 0.192 e. The van der Waals surface area contributed by atoms with E-state index >= 15 is 0 Å². The van der Waals surface area contributed by atoms with Crippen molar-refractivity contribution in [2.24, 2.45) is 0 Å². The van der Waals surface area contributed by atoms with E-state index in [-0.39, 0.29) is 0 Å². The summed E-state index contributed by atoms with van der Waals surface area (Å²) in [5, 5.41) is 0. The Balaban J connectivity index is 2.42. The van der Waals surface area contributed by atoms with Gasteiger partial charge >= 0.3 is 0 Å². The van der Waals surface area contributed by atoms with Gasteiger partial charge in [-0.15, -0.1) is 0 Å². The van der Waals surface area contributed by atoms with Crippen LogP contribution in [0.25, 0.3) is 0 Å². The van der Waals surface area contributed by atoms with Gasteiger partial charge in [0.2, 0.25) is 0 Å². The second-order valence-electron chi connectivity index (χ2n) is 2.02. The van der Waals surface area contributed by atoms with Crippen LogP contribution >= 0.6 is 0 Å². The molecule has 0 unspecified atom stereocenters. The Morgan fingerprint density at radius 3 is 2.10 bits per heavy atom. The van der Waals surface area contributed by atoms with E-state index < -0.39 is 11.5 Å². The van der Waals surface area contributed by atoms with Crippen LogP contribution in [0, 0.1) is 0 Å². The molecule has 2 rings (SSSR count). The molecular formula is C6H6N2OS. The Labute approximate surface area is 61.9 Å². The van der Waals surface area contributed by atoms with Gasteiger partial charge in [-0.05, 0) is 12.1 Å². The van der Waals surface area contributed by atoms with Gasteiger partial charge in [0, 0.05) is 0 Å². The number of anilines is 2. The predicted octanol–water partition coefficient (Wildman–Crippen LogP) is 1.10. The zero-order valence-electron chi connectivity index (χ0n) is 5.13. The molecule has 0 atom stereocenters. The average Bonchev–Trinajstić information content (AvgIpc) is 2.27. The molecule has 1 aromatic rings. The Kier molecular flexibility index (Phi) is 1.22. The van der Waals surface area contributed by atoms with E-state index in [1.807, 2.05) is 24.3 Å². The Morgan fingerprint density at radius 1 is 1.10 bits per heavy atom. The van der Waals surface area contributed by atoms with Crippen molar-refractivity contribution in [3.63, 3.8) is 0 Å². The molecule has 0 fully saturated rings. The summed E-state index contributed by atoms with van der Waals surface area (Å²) < 4.78 is 16.3. The molecule has 0 spiro atoms. The highest BCUT2D eigenvalue weighted by atomic mass is 32.2. The lowest BCUT2D eigenvalue weighted by molar-refractivity contribution is 0.606. The van der Waals surface area contributed by atoms with Crippen LogP contribution in [-0.2, 0) is 11.5 Å². The first kappa shape index (κ1) is 5.88. The van der Waals surface area contributed by atoms with E-state index in [4.69, 9.17) is 0 Å². The summed E-state index contributed by atoms with van der Waals surface area (Å²) in [5.41, 5.74) is 1.81. The fourth-order valence-electron chi connectivity index (χ4n) is 0.886. The lowest BCUT2D eigenvalue weighted by Gasteiger charge is -1.97. The van der Waals surface area contributed by atoms with Crippen molar-refractivity contribution >= 4 is 22.9 Å². The Hall–Kier alpha value is -0.870. The van der Waals surface area contributed by atoms with E-state index in [9.17, 15) is 4.55 Å². The molecule has 1 aromatic carbocycles. The normalized spacial score (nSPS) is 15.7. The van der Waals surface area contributed by atoms with E-state index in [1.54, 1.807) is 0 Å². The lowest BCUT2D eigenvalue weighted by atomic mass is 10.3. The van der Waals surface area contributed by atoms with Crippen molar-refractivity contribution in [3.05, 3.63) is 24.3 Å². The molecule has 1 aliphatic heterocycles. The highest BCUT2D eigenvalue weighted by molar-refractivity contribution is 7.94. The van der Waals surface area contributed by atoms with Crippen LogP contribution in [0.5, 0.6) is 0 Å². The van der Waals surface area contributed by atoms with Crippen molar-refractivity contribution in [2.75, 3.05) is 9.44 Å². The van der Waals surface area contributed by atoms with Crippen molar-refractivity contribution in [1.29, 1.82) is 0 Å². The molecule has 1 aliphatic rings. The van der Waals surface area contributed by atoms with Gasteiger partial charge in [-0.2, -0.15) is 9.44 Å². The Morgan fingerprint density at radius 2 is 1.60 bits per heavy atom. The van der Waals surface area contributed by atoms with E-state index in [0.29, 0.717) is 0 Å². The summed E-state index contributed by atoms with van der Waals surface area (Å²) in [6.45, 7) is 0. The van der Waals surface area contributed by atoms with Crippen LogP contribution in [0.3, 0.4) is 0 Å². The first-order chi connectivity index (χ1) is 4.86. The van der Waals surface area contributed by atoms with Gasteiger partial charge in [-0.3, -0.25) is 0 Å². The third-order valence-electron chi connectivity index (χ3n) is 1.33. The van der Waals surface area contributed by atoms with Crippen LogP contribution in [0.4, 0.5) is 11.4 Å². The van der Waals surface area contributed by atoms with Gasteiger partial charge in [0.1, 0.15) is 11.4 Å². The third-order valence-corrected chi connectivity index (χ3v) is 2.14. The van der Waals surface area contributed by atoms with Crippen molar-refractivity contribution in [2.45, 2.75) is 0 Å². The predicted molar refractivity (Wildman–Crippen MR) is 41.8 cm³/mol. The van der Waals surface area contributed by atoms with Crippen LogP contribution in [0.2, 0.25) is 0 Å². The zero-order chi connectivity index (χ0) is 6.97.